The first kappa shape index (κ1) is 13.7. The van der Waals surface area contributed by atoms with Crippen molar-refractivity contribution in [2.75, 3.05) is 6.54 Å². The lowest BCUT2D eigenvalue weighted by molar-refractivity contribution is 0.246. The monoisotopic (exact) mass is 289 g/mol. The number of hydrogen-bond donors (Lipinski definition) is 1. The standard InChI is InChI=1S/C16H20ClN3/c17-14-7-3-2-6-13(14)16-10-19-11-20(16)15-8-4-1-5-12(15)9-18/h2-3,6-7,10-12,15H,1,4-5,8-9,18H2. The molecule has 1 fully saturated rings. The molecule has 0 aliphatic heterocycles. The van der Waals surface area contributed by atoms with Gasteiger partial charge in [0.05, 0.1) is 18.2 Å². The molecule has 4 heteroatoms. The van der Waals surface area contributed by atoms with Crippen molar-refractivity contribution in [2.45, 2.75) is 31.7 Å². The van der Waals surface area contributed by atoms with Crippen molar-refractivity contribution in [3.63, 3.8) is 0 Å². The van der Waals surface area contributed by atoms with Gasteiger partial charge in [0.1, 0.15) is 0 Å². The number of imidazole rings is 1. The summed E-state index contributed by atoms with van der Waals surface area (Å²) in [6.45, 7) is 0.741. The molecule has 3 nitrogen and oxygen atoms in total. The maximum Gasteiger partial charge on any atom is 0.0953 e. The van der Waals surface area contributed by atoms with Crippen LogP contribution in [0, 0.1) is 5.92 Å². The number of nitrogens with two attached hydrogens (primary N) is 1. The van der Waals surface area contributed by atoms with Crippen LogP contribution in [-0.4, -0.2) is 16.1 Å². The minimum Gasteiger partial charge on any atom is -0.330 e. The molecular weight excluding hydrogens is 270 g/mol. The number of hydrogen-bond acceptors (Lipinski definition) is 2. The van der Waals surface area contributed by atoms with Crippen molar-refractivity contribution in [1.29, 1.82) is 0 Å². The van der Waals surface area contributed by atoms with Gasteiger partial charge in [0, 0.05) is 16.6 Å². The topological polar surface area (TPSA) is 43.8 Å². The Morgan fingerprint density at radius 2 is 2.05 bits per heavy atom. The lowest BCUT2D eigenvalue weighted by Crippen LogP contribution is -2.29. The quantitative estimate of drug-likeness (QED) is 0.931. The van der Waals surface area contributed by atoms with Gasteiger partial charge in [0.2, 0.25) is 0 Å². The van der Waals surface area contributed by atoms with Crippen LogP contribution in [0.1, 0.15) is 31.7 Å². The molecule has 2 N–H and O–H groups in total. The van der Waals surface area contributed by atoms with Gasteiger partial charge in [-0.05, 0) is 31.4 Å². The zero-order valence-electron chi connectivity index (χ0n) is 11.5. The summed E-state index contributed by atoms with van der Waals surface area (Å²) in [4.78, 5) is 4.35. The number of aromatic nitrogens is 2. The van der Waals surface area contributed by atoms with Crippen molar-refractivity contribution in [2.24, 2.45) is 11.7 Å². The Kier molecular flexibility index (Phi) is 4.08. The van der Waals surface area contributed by atoms with E-state index in [-0.39, 0.29) is 0 Å². The van der Waals surface area contributed by atoms with Crippen molar-refractivity contribution < 1.29 is 0 Å². The van der Waals surface area contributed by atoms with Crippen LogP contribution in [0.5, 0.6) is 0 Å². The summed E-state index contributed by atoms with van der Waals surface area (Å²) in [6, 6.07) is 8.39. The van der Waals surface area contributed by atoms with Crippen LogP contribution in [-0.2, 0) is 0 Å². The Morgan fingerprint density at radius 3 is 2.85 bits per heavy atom. The highest BCUT2D eigenvalue weighted by Crippen LogP contribution is 2.37. The van der Waals surface area contributed by atoms with E-state index in [0.717, 1.165) is 22.8 Å². The van der Waals surface area contributed by atoms with Gasteiger partial charge in [-0.3, -0.25) is 0 Å². The van der Waals surface area contributed by atoms with Crippen molar-refractivity contribution >= 4 is 11.6 Å². The van der Waals surface area contributed by atoms with Crippen LogP contribution >= 0.6 is 11.6 Å². The predicted octanol–water partition coefficient (Wildman–Crippen LogP) is 3.89. The van der Waals surface area contributed by atoms with Crippen molar-refractivity contribution in [3.05, 3.63) is 41.8 Å². The summed E-state index contributed by atoms with van der Waals surface area (Å²) < 4.78 is 2.28. The van der Waals surface area contributed by atoms with Crippen LogP contribution in [0.25, 0.3) is 11.3 Å². The molecule has 106 valence electrons. The molecule has 1 aromatic heterocycles. The normalized spacial score (nSPS) is 22.9. The maximum atomic E-state index is 6.33. The Labute approximate surface area is 124 Å². The van der Waals surface area contributed by atoms with E-state index in [1.54, 1.807) is 0 Å². The molecule has 1 aromatic carbocycles. The zero-order chi connectivity index (χ0) is 13.9. The summed E-state index contributed by atoms with van der Waals surface area (Å²) in [5.41, 5.74) is 8.11. The van der Waals surface area contributed by atoms with Gasteiger partial charge in [-0.25, -0.2) is 4.98 Å². The van der Waals surface area contributed by atoms with Gasteiger partial charge < -0.3 is 10.3 Å². The maximum absolute atomic E-state index is 6.33. The van der Waals surface area contributed by atoms with E-state index in [0.29, 0.717) is 12.0 Å². The highest BCUT2D eigenvalue weighted by Gasteiger charge is 2.27. The highest BCUT2D eigenvalue weighted by atomic mass is 35.5. The first-order chi connectivity index (χ1) is 9.81. The molecule has 1 saturated carbocycles. The molecule has 2 unspecified atom stereocenters. The first-order valence-electron chi connectivity index (χ1n) is 7.28. The van der Waals surface area contributed by atoms with Gasteiger partial charge in [-0.15, -0.1) is 0 Å². The molecule has 0 spiro atoms. The van der Waals surface area contributed by atoms with E-state index in [9.17, 15) is 0 Å². The lowest BCUT2D eigenvalue weighted by Gasteiger charge is -2.32. The molecule has 20 heavy (non-hydrogen) atoms. The molecule has 0 saturated heterocycles. The Bertz CT molecular complexity index is 579. The third-order valence-electron chi connectivity index (χ3n) is 4.34. The van der Waals surface area contributed by atoms with E-state index in [1.807, 2.05) is 30.7 Å². The second-order valence-corrected chi connectivity index (χ2v) is 5.92. The Morgan fingerprint density at radius 1 is 1.25 bits per heavy atom. The van der Waals surface area contributed by atoms with Gasteiger partial charge in [0.25, 0.3) is 0 Å². The smallest absolute Gasteiger partial charge is 0.0953 e. The van der Waals surface area contributed by atoms with Crippen LogP contribution in [0.2, 0.25) is 5.02 Å². The van der Waals surface area contributed by atoms with Gasteiger partial charge >= 0.3 is 0 Å². The Hall–Kier alpha value is -1.32. The molecule has 2 atom stereocenters. The van der Waals surface area contributed by atoms with E-state index >= 15 is 0 Å². The fourth-order valence-corrected chi connectivity index (χ4v) is 3.51. The fraction of sp³-hybridized carbons (Fsp3) is 0.438. The van der Waals surface area contributed by atoms with Crippen LogP contribution in [0.3, 0.4) is 0 Å². The second-order valence-electron chi connectivity index (χ2n) is 5.51. The summed E-state index contributed by atoms with van der Waals surface area (Å²) in [7, 11) is 0. The molecular formula is C16H20ClN3. The number of nitrogens with zero attached hydrogens (tertiary/aromatic N) is 2. The van der Waals surface area contributed by atoms with Crippen LogP contribution in [0.4, 0.5) is 0 Å². The van der Waals surface area contributed by atoms with E-state index in [4.69, 9.17) is 17.3 Å². The average Bonchev–Trinajstić information content (AvgIpc) is 2.96. The van der Waals surface area contributed by atoms with Crippen molar-refractivity contribution in [1.82, 2.24) is 9.55 Å². The number of halogens is 1. The number of benzene rings is 1. The zero-order valence-corrected chi connectivity index (χ0v) is 12.3. The second kappa shape index (κ2) is 5.98. The molecule has 0 bridgehead atoms. The number of rotatable bonds is 3. The van der Waals surface area contributed by atoms with Gasteiger partial charge in [-0.1, -0.05) is 42.6 Å². The fourth-order valence-electron chi connectivity index (χ4n) is 3.28. The summed E-state index contributed by atoms with van der Waals surface area (Å²) in [5.74, 6) is 0.541. The van der Waals surface area contributed by atoms with E-state index in [1.165, 1.54) is 25.7 Å². The summed E-state index contributed by atoms with van der Waals surface area (Å²) in [5, 5.41) is 0.773. The minimum atomic E-state index is 0.447. The molecule has 0 amide bonds. The first-order valence-corrected chi connectivity index (χ1v) is 7.66. The third-order valence-corrected chi connectivity index (χ3v) is 4.67. The average molecular weight is 290 g/mol. The van der Waals surface area contributed by atoms with Gasteiger partial charge in [0.15, 0.2) is 0 Å². The Balaban J connectivity index is 2.00. The largest absolute Gasteiger partial charge is 0.330 e. The van der Waals surface area contributed by atoms with Crippen LogP contribution < -0.4 is 5.73 Å². The van der Waals surface area contributed by atoms with E-state index in [2.05, 4.69) is 15.6 Å². The van der Waals surface area contributed by atoms with E-state index < -0.39 is 0 Å². The lowest BCUT2D eigenvalue weighted by atomic mass is 9.84. The van der Waals surface area contributed by atoms with Gasteiger partial charge in [-0.2, -0.15) is 0 Å². The molecule has 2 aromatic rings. The molecule has 1 heterocycles. The molecule has 0 radical (unpaired) electrons. The summed E-state index contributed by atoms with van der Waals surface area (Å²) >= 11 is 6.33. The molecule has 3 rings (SSSR count). The molecule has 1 aliphatic carbocycles. The minimum absolute atomic E-state index is 0.447. The summed E-state index contributed by atoms with van der Waals surface area (Å²) in [6.07, 6.45) is 8.77. The SMILES string of the molecule is NCC1CCCCC1n1cncc1-c1ccccc1Cl. The predicted molar refractivity (Wildman–Crippen MR) is 82.7 cm³/mol. The van der Waals surface area contributed by atoms with Crippen LogP contribution in [0.15, 0.2) is 36.8 Å². The third kappa shape index (κ3) is 2.48. The van der Waals surface area contributed by atoms with Crippen molar-refractivity contribution in [3.8, 4) is 11.3 Å². The highest BCUT2D eigenvalue weighted by molar-refractivity contribution is 6.33. The molecule has 1 aliphatic rings.